The Morgan fingerprint density at radius 2 is 2.50 bits per heavy atom. The third-order valence-corrected chi connectivity index (χ3v) is 3.69. The van der Waals surface area contributed by atoms with Crippen LogP contribution in [-0.4, -0.2) is 23.5 Å². The predicted octanol–water partition coefficient (Wildman–Crippen LogP) is 1.96. The van der Waals surface area contributed by atoms with Crippen molar-refractivity contribution in [2.24, 2.45) is 5.73 Å². The van der Waals surface area contributed by atoms with Crippen molar-refractivity contribution in [3.05, 3.63) is 22.6 Å². The minimum absolute atomic E-state index is 0.309. The fraction of sp³-hybridized carbons (Fsp3) is 0.600. The Labute approximate surface area is 92.4 Å². The zero-order valence-corrected chi connectivity index (χ0v) is 9.83. The van der Waals surface area contributed by atoms with Crippen LogP contribution in [0.3, 0.4) is 0 Å². The van der Waals surface area contributed by atoms with Gasteiger partial charge in [0.2, 0.25) is 0 Å². The Morgan fingerprint density at radius 1 is 1.71 bits per heavy atom. The van der Waals surface area contributed by atoms with Crippen molar-refractivity contribution in [2.45, 2.75) is 32.0 Å². The summed E-state index contributed by atoms with van der Waals surface area (Å²) < 4.78 is 6.43. The first kappa shape index (κ1) is 10.2. The molecule has 0 aromatic carbocycles. The fourth-order valence-electron chi connectivity index (χ4n) is 1.88. The summed E-state index contributed by atoms with van der Waals surface area (Å²) in [4.78, 5) is 2.36. The monoisotopic (exact) mass is 258 g/mol. The lowest BCUT2D eigenvalue weighted by Gasteiger charge is -2.21. The van der Waals surface area contributed by atoms with Gasteiger partial charge in [-0.05, 0) is 35.3 Å². The van der Waals surface area contributed by atoms with Crippen LogP contribution < -0.4 is 5.73 Å². The van der Waals surface area contributed by atoms with E-state index in [9.17, 15) is 0 Å². The molecular weight excluding hydrogens is 244 g/mol. The van der Waals surface area contributed by atoms with Crippen LogP contribution in [0.2, 0.25) is 0 Å². The van der Waals surface area contributed by atoms with Crippen molar-refractivity contribution < 1.29 is 4.42 Å². The van der Waals surface area contributed by atoms with E-state index in [2.05, 4.69) is 27.8 Å². The van der Waals surface area contributed by atoms with Gasteiger partial charge in [-0.3, -0.25) is 4.90 Å². The average Bonchev–Trinajstić information content (AvgIpc) is 2.68. The Hall–Kier alpha value is -0.320. The molecule has 2 N–H and O–H groups in total. The topological polar surface area (TPSA) is 42.4 Å². The van der Waals surface area contributed by atoms with Gasteiger partial charge in [0, 0.05) is 18.6 Å². The average molecular weight is 259 g/mol. The highest BCUT2D eigenvalue weighted by atomic mass is 79.9. The molecule has 0 bridgehead atoms. The second-order valence-corrected chi connectivity index (χ2v) is 4.71. The number of halogens is 1. The minimum Gasteiger partial charge on any atom is -0.467 e. The first-order valence-corrected chi connectivity index (χ1v) is 5.69. The molecule has 2 atom stereocenters. The van der Waals surface area contributed by atoms with Crippen LogP contribution in [-0.2, 0) is 6.54 Å². The van der Waals surface area contributed by atoms with E-state index in [0.29, 0.717) is 12.1 Å². The summed E-state index contributed by atoms with van der Waals surface area (Å²) in [5.41, 5.74) is 5.95. The molecule has 1 aromatic heterocycles. The highest BCUT2D eigenvalue weighted by Gasteiger charge is 2.28. The second kappa shape index (κ2) is 4.04. The maximum absolute atomic E-state index is 5.95. The van der Waals surface area contributed by atoms with Crippen molar-refractivity contribution >= 4 is 15.9 Å². The van der Waals surface area contributed by atoms with Gasteiger partial charge in [0.15, 0.2) is 0 Å². The molecule has 0 radical (unpaired) electrons. The van der Waals surface area contributed by atoms with E-state index in [-0.39, 0.29) is 0 Å². The third kappa shape index (κ3) is 1.87. The fourth-order valence-corrected chi connectivity index (χ4v) is 2.20. The molecule has 4 heteroatoms. The molecule has 3 nitrogen and oxygen atoms in total. The number of hydrogen-bond donors (Lipinski definition) is 1. The minimum atomic E-state index is 0.309. The van der Waals surface area contributed by atoms with Crippen LogP contribution in [0, 0.1) is 0 Å². The van der Waals surface area contributed by atoms with Crippen LogP contribution in [0.4, 0.5) is 0 Å². The van der Waals surface area contributed by atoms with Gasteiger partial charge in [-0.2, -0.15) is 0 Å². The smallest absolute Gasteiger partial charge is 0.131 e. The van der Waals surface area contributed by atoms with Gasteiger partial charge in [0.1, 0.15) is 5.76 Å². The number of likely N-dealkylation sites (tertiary alicyclic amines) is 1. The molecule has 2 heterocycles. The maximum atomic E-state index is 5.95. The van der Waals surface area contributed by atoms with E-state index in [0.717, 1.165) is 29.7 Å². The van der Waals surface area contributed by atoms with Crippen molar-refractivity contribution in [1.82, 2.24) is 4.90 Å². The summed E-state index contributed by atoms with van der Waals surface area (Å²) in [5, 5.41) is 0. The van der Waals surface area contributed by atoms with E-state index in [1.54, 1.807) is 6.26 Å². The lowest BCUT2D eigenvalue weighted by Crippen LogP contribution is -2.36. The first-order chi connectivity index (χ1) is 6.68. The number of hydrogen-bond acceptors (Lipinski definition) is 3. The molecule has 2 unspecified atom stereocenters. The van der Waals surface area contributed by atoms with Crippen molar-refractivity contribution in [3.8, 4) is 0 Å². The van der Waals surface area contributed by atoms with E-state index >= 15 is 0 Å². The van der Waals surface area contributed by atoms with Gasteiger partial charge in [-0.1, -0.05) is 0 Å². The van der Waals surface area contributed by atoms with Gasteiger partial charge in [0.25, 0.3) is 0 Å². The molecule has 1 fully saturated rings. The van der Waals surface area contributed by atoms with Crippen LogP contribution in [0.15, 0.2) is 21.2 Å². The first-order valence-electron chi connectivity index (χ1n) is 4.90. The molecular formula is C10H15BrN2O. The Bertz CT molecular complexity index is 313. The zero-order valence-electron chi connectivity index (χ0n) is 8.24. The molecule has 1 aliphatic rings. The molecule has 1 saturated heterocycles. The summed E-state index contributed by atoms with van der Waals surface area (Å²) >= 11 is 3.46. The second-order valence-electron chi connectivity index (χ2n) is 3.86. The van der Waals surface area contributed by atoms with Crippen LogP contribution in [0.5, 0.6) is 0 Å². The largest absolute Gasteiger partial charge is 0.467 e. The number of furan rings is 1. The van der Waals surface area contributed by atoms with Crippen molar-refractivity contribution in [3.63, 3.8) is 0 Å². The lowest BCUT2D eigenvalue weighted by atomic mass is 10.2. The number of nitrogens with zero attached hydrogens (tertiary/aromatic N) is 1. The summed E-state index contributed by atoms with van der Waals surface area (Å²) in [6.45, 7) is 4.09. The van der Waals surface area contributed by atoms with Gasteiger partial charge in [0.05, 0.1) is 17.3 Å². The van der Waals surface area contributed by atoms with E-state index in [4.69, 9.17) is 10.2 Å². The molecule has 1 aromatic rings. The molecule has 0 saturated carbocycles. The van der Waals surface area contributed by atoms with Gasteiger partial charge >= 0.3 is 0 Å². The summed E-state index contributed by atoms with van der Waals surface area (Å²) in [7, 11) is 0. The Balaban J connectivity index is 2.02. The standard InChI is InChI=1S/C10H15BrN2O/c1-7-9(12)2-4-13(7)6-10-8(11)3-5-14-10/h3,5,7,9H,2,4,6,12H2,1H3. The number of rotatable bonds is 2. The maximum Gasteiger partial charge on any atom is 0.131 e. The Morgan fingerprint density at radius 3 is 3.00 bits per heavy atom. The highest BCUT2D eigenvalue weighted by molar-refractivity contribution is 9.10. The molecule has 14 heavy (non-hydrogen) atoms. The quantitative estimate of drug-likeness (QED) is 0.882. The molecule has 0 spiro atoms. The van der Waals surface area contributed by atoms with Crippen LogP contribution in [0.25, 0.3) is 0 Å². The van der Waals surface area contributed by atoms with Gasteiger partial charge < -0.3 is 10.2 Å². The molecule has 0 aliphatic carbocycles. The summed E-state index contributed by atoms with van der Waals surface area (Å²) in [5.74, 6) is 0.992. The predicted molar refractivity (Wildman–Crippen MR) is 58.9 cm³/mol. The Kier molecular flexibility index (Phi) is 2.95. The summed E-state index contributed by atoms with van der Waals surface area (Å²) in [6.07, 6.45) is 2.79. The SMILES string of the molecule is CC1C(N)CCN1Cc1occc1Br. The number of nitrogens with two attached hydrogens (primary N) is 1. The molecule has 2 rings (SSSR count). The van der Waals surface area contributed by atoms with Crippen LogP contribution >= 0.6 is 15.9 Å². The highest BCUT2D eigenvalue weighted by Crippen LogP contribution is 2.23. The van der Waals surface area contributed by atoms with E-state index in [1.165, 1.54) is 0 Å². The summed E-state index contributed by atoms with van der Waals surface area (Å²) in [6, 6.07) is 2.69. The van der Waals surface area contributed by atoms with Crippen molar-refractivity contribution in [1.29, 1.82) is 0 Å². The van der Waals surface area contributed by atoms with E-state index in [1.807, 2.05) is 6.07 Å². The van der Waals surface area contributed by atoms with Gasteiger partial charge in [-0.25, -0.2) is 0 Å². The molecule has 0 amide bonds. The lowest BCUT2D eigenvalue weighted by molar-refractivity contribution is 0.231. The van der Waals surface area contributed by atoms with Crippen LogP contribution in [0.1, 0.15) is 19.1 Å². The van der Waals surface area contributed by atoms with Gasteiger partial charge in [-0.15, -0.1) is 0 Å². The molecule has 1 aliphatic heterocycles. The van der Waals surface area contributed by atoms with E-state index < -0.39 is 0 Å². The molecule has 78 valence electrons. The van der Waals surface area contributed by atoms with Crippen molar-refractivity contribution in [2.75, 3.05) is 6.54 Å². The normalized spacial score (nSPS) is 28.5. The zero-order chi connectivity index (χ0) is 10.1. The third-order valence-electron chi connectivity index (χ3n) is 2.98.